The molecule has 0 aromatic carbocycles. The van der Waals surface area contributed by atoms with Crippen molar-refractivity contribution in [1.82, 2.24) is 15.3 Å². The van der Waals surface area contributed by atoms with Crippen LogP contribution in [0.5, 0.6) is 0 Å². The molecule has 1 aromatic heterocycles. The van der Waals surface area contributed by atoms with Crippen LogP contribution in [0.4, 0.5) is 5.95 Å². The summed E-state index contributed by atoms with van der Waals surface area (Å²) in [6, 6.07) is 0.172. The lowest BCUT2D eigenvalue weighted by Gasteiger charge is -2.30. The SMILES string of the molecule is CCC(C)NC(=O)c1cnc(N2CCC(C)CC2)nc1. The smallest absolute Gasteiger partial charge is 0.254 e. The number of amides is 1. The molecule has 5 nitrogen and oxygen atoms in total. The van der Waals surface area contributed by atoms with Gasteiger partial charge in [-0.2, -0.15) is 0 Å². The molecule has 1 aliphatic rings. The maximum atomic E-state index is 11.9. The lowest BCUT2D eigenvalue weighted by molar-refractivity contribution is 0.0938. The first-order valence-corrected chi connectivity index (χ1v) is 7.48. The van der Waals surface area contributed by atoms with Crippen LogP contribution in [0.15, 0.2) is 12.4 Å². The Labute approximate surface area is 120 Å². The molecule has 1 amide bonds. The minimum Gasteiger partial charge on any atom is -0.350 e. The van der Waals surface area contributed by atoms with Gasteiger partial charge in [-0.15, -0.1) is 0 Å². The molecule has 0 radical (unpaired) electrons. The van der Waals surface area contributed by atoms with Crippen LogP contribution in [0.25, 0.3) is 0 Å². The van der Waals surface area contributed by atoms with Crippen molar-refractivity contribution in [2.45, 2.75) is 46.1 Å². The molecule has 1 aliphatic heterocycles. The molecule has 1 saturated heterocycles. The maximum absolute atomic E-state index is 11.9. The van der Waals surface area contributed by atoms with Crippen LogP contribution in [0, 0.1) is 5.92 Å². The second-order valence-corrected chi connectivity index (χ2v) is 5.72. The fourth-order valence-electron chi connectivity index (χ4n) is 2.22. The molecule has 0 aliphatic carbocycles. The van der Waals surface area contributed by atoms with Gasteiger partial charge in [0.25, 0.3) is 5.91 Å². The van der Waals surface area contributed by atoms with Crippen LogP contribution in [-0.2, 0) is 0 Å². The molecule has 2 heterocycles. The summed E-state index contributed by atoms with van der Waals surface area (Å²) >= 11 is 0. The maximum Gasteiger partial charge on any atom is 0.254 e. The van der Waals surface area contributed by atoms with Gasteiger partial charge in [-0.25, -0.2) is 9.97 Å². The molecule has 1 fully saturated rings. The van der Waals surface area contributed by atoms with Gasteiger partial charge in [-0.3, -0.25) is 4.79 Å². The van der Waals surface area contributed by atoms with Gasteiger partial charge in [0.1, 0.15) is 0 Å². The zero-order valence-corrected chi connectivity index (χ0v) is 12.6. The third-order valence-electron chi connectivity index (χ3n) is 3.96. The van der Waals surface area contributed by atoms with E-state index in [-0.39, 0.29) is 11.9 Å². The molecule has 0 bridgehead atoms. The highest BCUT2D eigenvalue weighted by atomic mass is 16.1. The van der Waals surface area contributed by atoms with Gasteiger partial charge in [0, 0.05) is 31.5 Å². The summed E-state index contributed by atoms with van der Waals surface area (Å²) in [6.07, 6.45) is 6.52. The summed E-state index contributed by atoms with van der Waals surface area (Å²) in [5, 5.41) is 2.92. The molecule has 20 heavy (non-hydrogen) atoms. The number of piperidine rings is 1. The number of hydrogen-bond acceptors (Lipinski definition) is 4. The monoisotopic (exact) mass is 276 g/mol. The minimum absolute atomic E-state index is 0.0989. The lowest BCUT2D eigenvalue weighted by Crippen LogP contribution is -2.34. The molecule has 1 aromatic rings. The average molecular weight is 276 g/mol. The van der Waals surface area contributed by atoms with E-state index in [9.17, 15) is 4.79 Å². The number of carbonyl (C=O) groups is 1. The van der Waals surface area contributed by atoms with E-state index in [1.807, 2.05) is 13.8 Å². The van der Waals surface area contributed by atoms with Gasteiger partial charge in [-0.1, -0.05) is 13.8 Å². The number of rotatable bonds is 4. The van der Waals surface area contributed by atoms with Gasteiger partial charge >= 0.3 is 0 Å². The minimum atomic E-state index is -0.0989. The first-order chi connectivity index (χ1) is 9.60. The summed E-state index contributed by atoms with van der Waals surface area (Å²) in [5.74, 6) is 1.42. The standard InChI is InChI=1S/C15H24N4O/c1-4-12(3)18-14(20)13-9-16-15(17-10-13)19-7-5-11(2)6-8-19/h9-12H,4-8H2,1-3H3,(H,18,20). The van der Waals surface area contributed by atoms with E-state index in [1.54, 1.807) is 12.4 Å². The number of nitrogens with one attached hydrogen (secondary N) is 1. The second kappa shape index (κ2) is 6.68. The molecule has 1 atom stereocenters. The molecule has 1 N–H and O–H groups in total. The molecular weight excluding hydrogens is 252 g/mol. The van der Waals surface area contributed by atoms with E-state index in [2.05, 4.69) is 27.1 Å². The highest BCUT2D eigenvalue weighted by Crippen LogP contribution is 2.19. The van der Waals surface area contributed by atoms with Gasteiger partial charge in [0.15, 0.2) is 0 Å². The first kappa shape index (κ1) is 14.8. The zero-order valence-electron chi connectivity index (χ0n) is 12.6. The zero-order chi connectivity index (χ0) is 14.5. The number of hydrogen-bond donors (Lipinski definition) is 1. The predicted octanol–water partition coefficient (Wildman–Crippen LogP) is 2.24. The Hall–Kier alpha value is -1.65. The van der Waals surface area contributed by atoms with Crippen molar-refractivity contribution in [2.75, 3.05) is 18.0 Å². The molecule has 1 unspecified atom stereocenters. The van der Waals surface area contributed by atoms with E-state index >= 15 is 0 Å². The van der Waals surface area contributed by atoms with Crippen molar-refractivity contribution in [3.05, 3.63) is 18.0 Å². The van der Waals surface area contributed by atoms with E-state index in [1.165, 1.54) is 12.8 Å². The van der Waals surface area contributed by atoms with E-state index in [4.69, 9.17) is 0 Å². The van der Waals surface area contributed by atoms with Crippen LogP contribution in [0.1, 0.15) is 50.4 Å². The normalized spacial score (nSPS) is 17.9. The van der Waals surface area contributed by atoms with Gasteiger partial charge in [0.05, 0.1) is 5.56 Å². The molecule has 2 rings (SSSR count). The highest BCUT2D eigenvalue weighted by Gasteiger charge is 2.18. The van der Waals surface area contributed by atoms with Crippen LogP contribution in [-0.4, -0.2) is 35.0 Å². The Balaban J connectivity index is 1.97. The fraction of sp³-hybridized carbons (Fsp3) is 0.667. The average Bonchev–Trinajstić information content (AvgIpc) is 2.48. The fourth-order valence-corrected chi connectivity index (χ4v) is 2.22. The van der Waals surface area contributed by atoms with Crippen LogP contribution in [0.3, 0.4) is 0 Å². The molecule has 110 valence electrons. The molecular formula is C15H24N4O. The van der Waals surface area contributed by atoms with Gasteiger partial charge < -0.3 is 10.2 Å². The third kappa shape index (κ3) is 3.68. The van der Waals surface area contributed by atoms with Crippen molar-refractivity contribution in [3.63, 3.8) is 0 Å². The predicted molar refractivity (Wildman–Crippen MR) is 79.9 cm³/mol. The van der Waals surface area contributed by atoms with Gasteiger partial charge in [0.2, 0.25) is 5.95 Å². The van der Waals surface area contributed by atoms with Crippen molar-refractivity contribution in [2.24, 2.45) is 5.92 Å². The summed E-state index contributed by atoms with van der Waals surface area (Å²) in [4.78, 5) is 22.8. The molecule has 0 spiro atoms. The number of carbonyl (C=O) groups excluding carboxylic acids is 1. The number of anilines is 1. The Morgan fingerprint density at radius 3 is 2.55 bits per heavy atom. The van der Waals surface area contributed by atoms with Crippen molar-refractivity contribution in [1.29, 1.82) is 0 Å². The van der Waals surface area contributed by atoms with Crippen LogP contribution < -0.4 is 10.2 Å². The van der Waals surface area contributed by atoms with Crippen molar-refractivity contribution in [3.8, 4) is 0 Å². The number of aromatic nitrogens is 2. The second-order valence-electron chi connectivity index (χ2n) is 5.72. The Bertz CT molecular complexity index is 438. The topological polar surface area (TPSA) is 58.1 Å². The molecule has 5 heteroatoms. The Morgan fingerprint density at radius 1 is 1.40 bits per heavy atom. The summed E-state index contributed by atoms with van der Waals surface area (Å²) in [6.45, 7) is 8.31. The van der Waals surface area contributed by atoms with Crippen LogP contribution >= 0.6 is 0 Å². The van der Waals surface area contributed by atoms with E-state index in [0.29, 0.717) is 5.56 Å². The largest absolute Gasteiger partial charge is 0.350 e. The summed E-state index contributed by atoms with van der Waals surface area (Å²) in [5.41, 5.74) is 0.527. The van der Waals surface area contributed by atoms with Crippen molar-refractivity contribution < 1.29 is 4.79 Å². The summed E-state index contributed by atoms with van der Waals surface area (Å²) in [7, 11) is 0. The lowest BCUT2D eigenvalue weighted by atomic mass is 10.00. The van der Waals surface area contributed by atoms with Crippen LogP contribution in [0.2, 0.25) is 0 Å². The van der Waals surface area contributed by atoms with Crippen molar-refractivity contribution >= 4 is 11.9 Å². The highest BCUT2D eigenvalue weighted by molar-refractivity contribution is 5.93. The first-order valence-electron chi connectivity index (χ1n) is 7.48. The molecule has 0 saturated carbocycles. The van der Waals surface area contributed by atoms with E-state index in [0.717, 1.165) is 31.4 Å². The quantitative estimate of drug-likeness (QED) is 0.916. The van der Waals surface area contributed by atoms with E-state index < -0.39 is 0 Å². The third-order valence-corrected chi connectivity index (χ3v) is 3.96. The number of nitrogens with zero attached hydrogens (tertiary/aromatic N) is 3. The van der Waals surface area contributed by atoms with Gasteiger partial charge in [-0.05, 0) is 32.1 Å². The Kier molecular flexibility index (Phi) is 4.93. The summed E-state index contributed by atoms with van der Waals surface area (Å²) < 4.78 is 0. The Morgan fingerprint density at radius 2 is 2.00 bits per heavy atom.